The van der Waals surface area contributed by atoms with Crippen molar-refractivity contribution >= 4 is 22.8 Å². The molecule has 0 radical (unpaired) electrons. The van der Waals surface area contributed by atoms with E-state index < -0.39 is 12.0 Å². The number of carbonyl (C=O) groups is 2. The molecule has 1 unspecified atom stereocenters. The summed E-state index contributed by atoms with van der Waals surface area (Å²) in [6.45, 7) is 1.09. The van der Waals surface area contributed by atoms with E-state index in [2.05, 4.69) is 4.98 Å². The zero-order valence-electron chi connectivity index (χ0n) is 11.9. The van der Waals surface area contributed by atoms with Gasteiger partial charge >= 0.3 is 5.97 Å². The van der Waals surface area contributed by atoms with Gasteiger partial charge in [-0.1, -0.05) is 6.07 Å². The van der Waals surface area contributed by atoms with Crippen molar-refractivity contribution in [1.82, 2.24) is 9.88 Å². The molecule has 6 nitrogen and oxygen atoms in total. The van der Waals surface area contributed by atoms with Gasteiger partial charge < -0.3 is 14.7 Å². The van der Waals surface area contributed by atoms with Gasteiger partial charge in [0.05, 0.1) is 31.2 Å². The van der Waals surface area contributed by atoms with E-state index in [1.54, 1.807) is 29.3 Å². The van der Waals surface area contributed by atoms with Crippen molar-refractivity contribution < 1.29 is 19.4 Å². The minimum absolute atomic E-state index is 0.110. The molecule has 1 aliphatic heterocycles. The molecule has 1 atom stereocenters. The highest BCUT2D eigenvalue weighted by atomic mass is 16.5. The maximum Gasteiger partial charge on any atom is 0.305 e. The summed E-state index contributed by atoms with van der Waals surface area (Å²) < 4.78 is 5.30. The number of amides is 1. The predicted molar refractivity (Wildman–Crippen MR) is 79.6 cm³/mol. The zero-order chi connectivity index (χ0) is 15.5. The van der Waals surface area contributed by atoms with Crippen molar-refractivity contribution in [3.63, 3.8) is 0 Å². The van der Waals surface area contributed by atoms with Crippen LogP contribution in [0.4, 0.5) is 0 Å². The fraction of sp³-hybridized carbons (Fsp3) is 0.312. The van der Waals surface area contributed by atoms with E-state index in [0.29, 0.717) is 18.7 Å². The standard InChI is InChI=1S/C16H16N2O4/c19-15(20)9-13-10-22-7-6-18(13)16(21)12-3-4-14-11(8-12)2-1-5-17-14/h1-5,8,13H,6-7,9-10H2,(H,19,20). The number of hydrogen-bond donors (Lipinski definition) is 1. The number of fused-ring (bicyclic) bond motifs is 1. The van der Waals surface area contributed by atoms with Gasteiger partial charge in [0, 0.05) is 23.7 Å². The maximum atomic E-state index is 12.7. The third kappa shape index (κ3) is 2.92. The van der Waals surface area contributed by atoms with Gasteiger partial charge in [-0.15, -0.1) is 0 Å². The van der Waals surface area contributed by atoms with Crippen LogP contribution < -0.4 is 0 Å². The lowest BCUT2D eigenvalue weighted by molar-refractivity contribution is -0.139. The van der Waals surface area contributed by atoms with E-state index in [0.717, 1.165) is 10.9 Å². The molecule has 1 amide bonds. The first-order valence-corrected chi connectivity index (χ1v) is 7.10. The first kappa shape index (κ1) is 14.5. The first-order valence-electron chi connectivity index (χ1n) is 7.10. The third-order valence-electron chi connectivity index (χ3n) is 3.75. The van der Waals surface area contributed by atoms with Crippen molar-refractivity contribution in [3.05, 3.63) is 42.1 Å². The van der Waals surface area contributed by atoms with Gasteiger partial charge in [0.25, 0.3) is 5.91 Å². The summed E-state index contributed by atoms with van der Waals surface area (Å²) in [6.07, 6.45) is 1.59. The molecule has 1 N–H and O–H groups in total. The molecule has 1 saturated heterocycles. The van der Waals surface area contributed by atoms with Crippen LogP contribution >= 0.6 is 0 Å². The summed E-state index contributed by atoms with van der Waals surface area (Å²) in [4.78, 5) is 29.5. The molecule has 1 fully saturated rings. The Hall–Kier alpha value is -2.47. The number of aromatic nitrogens is 1. The molecular formula is C16H16N2O4. The zero-order valence-corrected chi connectivity index (χ0v) is 11.9. The lowest BCUT2D eigenvalue weighted by Crippen LogP contribution is -2.49. The van der Waals surface area contributed by atoms with E-state index in [9.17, 15) is 9.59 Å². The van der Waals surface area contributed by atoms with Crippen LogP contribution in [0.25, 0.3) is 10.9 Å². The maximum absolute atomic E-state index is 12.7. The molecule has 2 heterocycles. The highest BCUT2D eigenvalue weighted by Crippen LogP contribution is 2.18. The topological polar surface area (TPSA) is 79.7 Å². The summed E-state index contributed by atoms with van der Waals surface area (Å²) >= 11 is 0. The monoisotopic (exact) mass is 300 g/mol. The van der Waals surface area contributed by atoms with Crippen LogP contribution in [-0.2, 0) is 9.53 Å². The number of benzene rings is 1. The Labute approximate surface area is 127 Å². The van der Waals surface area contributed by atoms with Gasteiger partial charge in [0.2, 0.25) is 0 Å². The summed E-state index contributed by atoms with van der Waals surface area (Å²) in [5.41, 5.74) is 1.36. The summed E-state index contributed by atoms with van der Waals surface area (Å²) in [5, 5.41) is 9.86. The van der Waals surface area contributed by atoms with Gasteiger partial charge in [-0.2, -0.15) is 0 Å². The fourth-order valence-corrected chi connectivity index (χ4v) is 2.67. The Balaban J connectivity index is 1.87. The van der Waals surface area contributed by atoms with E-state index in [-0.39, 0.29) is 18.9 Å². The number of carboxylic acid groups (broad SMARTS) is 1. The average Bonchev–Trinajstić information content (AvgIpc) is 2.54. The largest absolute Gasteiger partial charge is 0.481 e. The molecule has 114 valence electrons. The van der Waals surface area contributed by atoms with Gasteiger partial charge in [0.1, 0.15) is 0 Å². The van der Waals surface area contributed by atoms with E-state index in [1.807, 2.05) is 12.1 Å². The molecule has 0 spiro atoms. The van der Waals surface area contributed by atoms with Crippen molar-refractivity contribution in [2.45, 2.75) is 12.5 Å². The normalized spacial score (nSPS) is 18.4. The number of hydrogen-bond acceptors (Lipinski definition) is 4. The van der Waals surface area contributed by atoms with Crippen LogP contribution in [0, 0.1) is 0 Å². The number of nitrogens with zero attached hydrogens (tertiary/aromatic N) is 2. The SMILES string of the molecule is O=C(O)CC1COCCN1C(=O)c1ccc2ncccc2c1. The van der Waals surface area contributed by atoms with Crippen LogP contribution in [0.2, 0.25) is 0 Å². The van der Waals surface area contributed by atoms with Crippen molar-refractivity contribution in [3.8, 4) is 0 Å². The Kier molecular flexibility index (Phi) is 4.02. The molecule has 6 heteroatoms. The molecule has 22 heavy (non-hydrogen) atoms. The van der Waals surface area contributed by atoms with Crippen molar-refractivity contribution in [2.24, 2.45) is 0 Å². The van der Waals surface area contributed by atoms with Gasteiger partial charge in [-0.25, -0.2) is 0 Å². The van der Waals surface area contributed by atoms with Crippen LogP contribution in [0.15, 0.2) is 36.5 Å². The number of ether oxygens (including phenoxy) is 1. The summed E-state index contributed by atoms with van der Waals surface area (Å²) in [6, 6.07) is 8.60. The van der Waals surface area contributed by atoms with E-state index in [4.69, 9.17) is 9.84 Å². The van der Waals surface area contributed by atoms with Gasteiger partial charge in [-0.05, 0) is 24.3 Å². The van der Waals surface area contributed by atoms with Crippen molar-refractivity contribution in [2.75, 3.05) is 19.8 Å². The quantitative estimate of drug-likeness (QED) is 0.930. The summed E-state index contributed by atoms with van der Waals surface area (Å²) in [5.74, 6) is -1.10. The van der Waals surface area contributed by atoms with Crippen LogP contribution in [0.5, 0.6) is 0 Å². The molecule has 1 aliphatic rings. The third-order valence-corrected chi connectivity index (χ3v) is 3.75. The Morgan fingerprint density at radius 1 is 1.36 bits per heavy atom. The Morgan fingerprint density at radius 3 is 3.05 bits per heavy atom. The van der Waals surface area contributed by atoms with Gasteiger partial charge in [-0.3, -0.25) is 14.6 Å². The second-order valence-electron chi connectivity index (χ2n) is 5.24. The number of pyridine rings is 1. The second kappa shape index (κ2) is 6.11. The first-order chi connectivity index (χ1) is 10.6. The smallest absolute Gasteiger partial charge is 0.305 e. The predicted octanol–water partition coefficient (Wildman–Crippen LogP) is 1.55. The van der Waals surface area contributed by atoms with Crippen LogP contribution in [0.1, 0.15) is 16.8 Å². The molecule has 1 aromatic carbocycles. The number of carbonyl (C=O) groups excluding carboxylic acids is 1. The summed E-state index contributed by atoms with van der Waals surface area (Å²) in [7, 11) is 0. The number of morpholine rings is 1. The second-order valence-corrected chi connectivity index (χ2v) is 5.24. The van der Waals surface area contributed by atoms with Crippen molar-refractivity contribution in [1.29, 1.82) is 0 Å². The molecule has 1 aromatic heterocycles. The molecular weight excluding hydrogens is 284 g/mol. The van der Waals surface area contributed by atoms with Crippen LogP contribution in [-0.4, -0.2) is 52.7 Å². The highest BCUT2D eigenvalue weighted by molar-refractivity contribution is 5.98. The average molecular weight is 300 g/mol. The highest BCUT2D eigenvalue weighted by Gasteiger charge is 2.29. The Morgan fingerprint density at radius 2 is 2.23 bits per heavy atom. The Bertz CT molecular complexity index is 716. The molecule has 2 aromatic rings. The minimum Gasteiger partial charge on any atom is -0.481 e. The minimum atomic E-state index is -0.934. The van der Waals surface area contributed by atoms with E-state index >= 15 is 0 Å². The molecule has 3 rings (SSSR count). The molecule has 0 aliphatic carbocycles. The van der Waals surface area contributed by atoms with E-state index in [1.165, 1.54) is 0 Å². The van der Waals surface area contributed by atoms with Gasteiger partial charge in [0.15, 0.2) is 0 Å². The molecule has 0 bridgehead atoms. The van der Waals surface area contributed by atoms with Crippen LogP contribution in [0.3, 0.4) is 0 Å². The number of aliphatic carboxylic acids is 1. The number of carboxylic acids is 1. The fourth-order valence-electron chi connectivity index (χ4n) is 2.67. The lowest BCUT2D eigenvalue weighted by Gasteiger charge is -2.34. The lowest BCUT2D eigenvalue weighted by atomic mass is 10.1. The molecule has 0 saturated carbocycles. The number of rotatable bonds is 3.